The summed E-state index contributed by atoms with van der Waals surface area (Å²) in [5, 5.41) is 12.2. The summed E-state index contributed by atoms with van der Waals surface area (Å²) >= 11 is 1.10. The normalized spacial score (nSPS) is 21.4. The Morgan fingerprint density at radius 1 is 1.59 bits per heavy atom. The van der Waals surface area contributed by atoms with Crippen LogP contribution in [-0.2, 0) is 10.0 Å². The van der Waals surface area contributed by atoms with Crippen LogP contribution in [0.2, 0.25) is 0 Å². The zero-order valence-electron chi connectivity index (χ0n) is 9.56. The molecule has 8 heteroatoms. The molecule has 2 heterocycles. The second-order valence-corrected chi connectivity index (χ2v) is 6.88. The number of nitrogens with one attached hydrogen (secondary N) is 2. The molecular weight excluding hydrogens is 260 g/mol. The molecule has 0 saturated carbocycles. The van der Waals surface area contributed by atoms with Gasteiger partial charge in [0.2, 0.25) is 10.0 Å². The van der Waals surface area contributed by atoms with E-state index in [0.29, 0.717) is 16.9 Å². The minimum Gasteiger partial charge on any atom is -0.357 e. The summed E-state index contributed by atoms with van der Waals surface area (Å²) in [4.78, 5) is 4.19. The van der Waals surface area contributed by atoms with Crippen LogP contribution in [0.25, 0.3) is 0 Å². The average Bonchev–Trinajstić information content (AvgIpc) is 2.60. The SMILES string of the molecule is Cc1nc(NC2CCCNC2)sc1S(N)(=O)=O. The average molecular weight is 276 g/mol. The Bertz CT molecular complexity index is 491. The summed E-state index contributed by atoms with van der Waals surface area (Å²) in [6.07, 6.45) is 2.18. The molecule has 0 aromatic carbocycles. The van der Waals surface area contributed by atoms with Crippen molar-refractivity contribution in [3.05, 3.63) is 5.69 Å². The van der Waals surface area contributed by atoms with Crippen molar-refractivity contribution in [2.24, 2.45) is 5.14 Å². The largest absolute Gasteiger partial charge is 0.357 e. The lowest BCUT2D eigenvalue weighted by Crippen LogP contribution is -2.38. The third-order valence-corrected chi connectivity index (χ3v) is 5.28. The van der Waals surface area contributed by atoms with Crippen LogP contribution in [0.4, 0.5) is 5.13 Å². The second kappa shape index (κ2) is 4.89. The number of thiazole rings is 1. The third-order valence-electron chi connectivity index (χ3n) is 2.64. The molecule has 1 unspecified atom stereocenters. The Hall–Kier alpha value is -0.700. The molecular formula is C9H16N4O2S2. The van der Waals surface area contributed by atoms with Crippen molar-refractivity contribution >= 4 is 26.5 Å². The molecule has 17 heavy (non-hydrogen) atoms. The molecule has 0 spiro atoms. The number of primary sulfonamides is 1. The first-order chi connectivity index (χ1) is 7.97. The number of sulfonamides is 1. The van der Waals surface area contributed by atoms with Gasteiger partial charge in [0.1, 0.15) is 0 Å². The maximum absolute atomic E-state index is 11.3. The maximum Gasteiger partial charge on any atom is 0.249 e. The standard InChI is InChI=1S/C9H16N4O2S2/c1-6-8(17(10,14)15)16-9(12-6)13-7-3-2-4-11-5-7/h7,11H,2-5H2,1H3,(H,12,13)(H2,10,14,15). The summed E-state index contributed by atoms with van der Waals surface area (Å²) in [6, 6.07) is 0.308. The Morgan fingerprint density at radius 3 is 2.88 bits per heavy atom. The van der Waals surface area contributed by atoms with Gasteiger partial charge >= 0.3 is 0 Å². The predicted octanol–water partition coefficient (Wildman–Crippen LogP) is 0.263. The zero-order chi connectivity index (χ0) is 12.5. The van der Waals surface area contributed by atoms with E-state index in [0.717, 1.165) is 37.3 Å². The molecule has 0 aliphatic carbocycles. The number of rotatable bonds is 3. The highest BCUT2D eigenvalue weighted by atomic mass is 32.2. The number of aryl methyl sites for hydroxylation is 1. The van der Waals surface area contributed by atoms with Crippen molar-refractivity contribution in [2.45, 2.75) is 30.0 Å². The van der Waals surface area contributed by atoms with E-state index in [9.17, 15) is 8.42 Å². The van der Waals surface area contributed by atoms with Crippen LogP contribution in [0, 0.1) is 6.92 Å². The van der Waals surface area contributed by atoms with Crippen molar-refractivity contribution in [3.63, 3.8) is 0 Å². The Balaban J connectivity index is 2.12. The molecule has 6 nitrogen and oxygen atoms in total. The van der Waals surface area contributed by atoms with Crippen molar-refractivity contribution in [2.75, 3.05) is 18.4 Å². The van der Waals surface area contributed by atoms with Gasteiger partial charge in [0.25, 0.3) is 0 Å². The molecule has 1 saturated heterocycles. The van der Waals surface area contributed by atoms with Gasteiger partial charge in [-0.1, -0.05) is 11.3 Å². The lowest BCUT2D eigenvalue weighted by atomic mass is 10.1. The molecule has 1 aromatic rings. The molecule has 2 rings (SSSR count). The topological polar surface area (TPSA) is 97.1 Å². The van der Waals surface area contributed by atoms with Gasteiger partial charge in [0.15, 0.2) is 9.34 Å². The van der Waals surface area contributed by atoms with Crippen LogP contribution in [-0.4, -0.2) is 32.5 Å². The lowest BCUT2D eigenvalue weighted by Gasteiger charge is -2.23. The predicted molar refractivity (Wildman–Crippen MR) is 67.7 cm³/mol. The first kappa shape index (κ1) is 12.7. The third kappa shape index (κ3) is 3.15. The van der Waals surface area contributed by atoms with Crippen LogP contribution in [0.3, 0.4) is 0 Å². The molecule has 1 aliphatic heterocycles. The van der Waals surface area contributed by atoms with E-state index in [1.54, 1.807) is 6.92 Å². The number of hydrogen-bond donors (Lipinski definition) is 3. The number of hydrogen-bond acceptors (Lipinski definition) is 6. The van der Waals surface area contributed by atoms with E-state index in [1.807, 2.05) is 0 Å². The van der Waals surface area contributed by atoms with Crippen LogP contribution in [0.1, 0.15) is 18.5 Å². The first-order valence-electron chi connectivity index (χ1n) is 5.44. The molecule has 1 aromatic heterocycles. The maximum atomic E-state index is 11.3. The summed E-state index contributed by atoms with van der Waals surface area (Å²) in [5.41, 5.74) is 0.462. The summed E-state index contributed by atoms with van der Waals surface area (Å²) in [5.74, 6) is 0. The molecule has 0 radical (unpaired) electrons. The minimum absolute atomic E-state index is 0.142. The van der Waals surface area contributed by atoms with Crippen molar-refractivity contribution in [1.29, 1.82) is 0 Å². The fourth-order valence-corrected chi connectivity index (χ4v) is 3.79. The van der Waals surface area contributed by atoms with Gasteiger partial charge in [0.05, 0.1) is 5.69 Å². The van der Waals surface area contributed by atoms with Gasteiger partial charge in [-0.15, -0.1) is 0 Å². The summed E-state index contributed by atoms with van der Waals surface area (Å²) in [6.45, 7) is 3.57. The van der Waals surface area contributed by atoms with Gasteiger partial charge in [0, 0.05) is 12.6 Å². The number of nitrogens with two attached hydrogens (primary N) is 1. The van der Waals surface area contributed by atoms with Crippen LogP contribution in [0.5, 0.6) is 0 Å². The number of nitrogens with zero attached hydrogens (tertiary/aromatic N) is 1. The first-order valence-corrected chi connectivity index (χ1v) is 7.80. The molecule has 1 fully saturated rings. The van der Waals surface area contributed by atoms with E-state index in [2.05, 4.69) is 15.6 Å². The number of piperidine rings is 1. The monoisotopic (exact) mass is 276 g/mol. The highest BCUT2D eigenvalue weighted by Gasteiger charge is 2.20. The smallest absolute Gasteiger partial charge is 0.249 e. The van der Waals surface area contributed by atoms with Gasteiger partial charge in [-0.2, -0.15) is 0 Å². The van der Waals surface area contributed by atoms with Gasteiger partial charge in [-0.25, -0.2) is 18.5 Å². The highest BCUT2D eigenvalue weighted by Crippen LogP contribution is 2.26. The van der Waals surface area contributed by atoms with Crippen LogP contribution >= 0.6 is 11.3 Å². The van der Waals surface area contributed by atoms with Gasteiger partial charge in [-0.05, 0) is 26.3 Å². The van der Waals surface area contributed by atoms with Crippen LogP contribution in [0.15, 0.2) is 4.21 Å². The van der Waals surface area contributed by atoms with E-state index in [4.69, 9.17) is 5.14 Å². The number of aromatic nitrogens is 1. The van der Waals surface area contributed by atoms with Crippen molar-refractivity contribution in [1.82, 2.24) is 10.3 Å². The van der Waals surface area contributed by atoms with E-state index < -0.39 is 10.0 Å². The quantitative estimate of drug-likeness (QED) is 0.736. The van der Waals surface area contributed by atoms with Gasteiger partial charge in [-0.3, -0.25) is 0 Å². The molecule has 1 aliphatic rings. The summed E-state index contributed by atoms with van der Waals surface area (Å²) in [7, 11) is -3.65. The van der Waals surface area contributed by atoms with E-state index >= 15 is 0 Å². The Morgan fingerprint density at radius 2 is 2.35 bits per heavy atom. The van der Waals surface area contributed by atoms with Crippen molar-refractivity contribution < 1.29 is 8.42 Å². The van der Waals surface area contributed by atoms with Gasteiger partial charge < -0.3 is 10.6 Å². The second-order valence-electron chi connectivity index (χ2n) is 4.12. The molecule has 0 bridgehead atoms. The van der Waals surface area contributed by atoms with E-state index in [-0.39, 0.29) is 4.21 Å². The van der Waals surface area contributed by atoms with E-state index in [1.165, 1.54) is 0 Å². The fourth-order valence-electron chi connectivity index (χ4n) is 1.86. The molecule has 96 valence electrons. The highest BCUT2D eigenvalue weighted by molar-refractivity contribution is 7.91. The Labute approximate surface area is 105 Å². The zero-order valence-corrected chi connectivity index (χ0v) is 11.2. The molecule has 1 atom stereocenters. The molecule has 4 N–H and O–H groups in total. The van der Waals surface area contributed by atoms with Crippen molar-refractivity contribution in [3.8, 4) is 0 Å². The lowest BCUT2D eigenvalue weighted by molar-refractivity contribution is 0.479. The fraction of sp³-hybridized carbons (Fsp3) is 0.667. The summed E-state index contributed by atoms with van der Waals surface area (Å²) < 4.78 is 22.7. The minimum atomic E-state index is -3.65. The Kier molecular flexibility index (Phi) is 3.67. The molecule has 0 amide bonds. The van der Waals surface area contributed by atoms with Crippen LogP contribution < -0.4 is 15.8 Å². The number of anilines is 1.